The third-order valence-electron chi connectivity index (χ3n) is 8.64. The molecule has 6 heterocycles. The van der Waals surface area contributed by atoms with Crippen LogP contribution < -0.4 is 19.6 Å². The van der Waals surface area contributed by atoms with Crippen molar-refractivity contribution in [2.24, 2.45) is 0 Å². The number of methoxy groups -OCH3 is 3. The van der Waals surface area contributed by atoms with Crippen molar-refractivity contribution in [3.8, 4) is 0 Å². The van der Waals surface area contributed by atoms with Crippen LogP contribution in [0.2, 0.25) is 0 Å². The number of likely N-dealkylation sites (N-methyl/N-ethyl adjacent to an activating group) is 1. The number of piperazine rings is 1. The van der Waals surface area contributed by atoms with Gasteiger partial charge in [0, 0.05) is 74.2 Å². The number of anilines is 4. The maximum absolute atomic E-state index is 12.9. The molecule has 16 nitrogen and oxygen atoms in total. The summed E-state index contributed by atoms with van der Waals surface area (Å²) in [5, 5.41) is 8.27. The van der Waals surface area contributed by atoms with Crippen molar-refractivity contribution < 1.29 is 19.0 Å². The van der Waals surface area contributed by atoms with Crippen molar-refractivity contribution in [1.82, 2.24) is 39.8 Å². The van der Waals surface area contributed by atoms with Crippen molar-refractivity contribution in [3.63, 3.8) is 0 Å². The third kappa shape index (κ3) is 6.19. The van der Waals surface area contributed by atoms with E-state index in [1.54, 1.807) is 32.4 Å². The van der Waals surface area contributed by atoms with E-state index < -0.39 is 0 Å². The number of rotatable bonds is 11. The molecule has 0 spiro atoms. The Labute approximate surface area is 256 Å². The number of ether oxygens (including phenoxy) is 3. The number of piperidine rings is 1. The zero-order valence-electron chi connectivity index (χ0n) is 26.1. The summed E-state index contributed by atoms with van der Waals surface area (Å²) in [6.07, 6.45) is 3.76. The van der Waals surface area contributed by atoms with E-state index in [0.29, 0.717) is 87.8 Å². The van der Waals surface area contributed by atoms with E-state index in [2.05, 4.69) is 25.0 Å². The van der Waals surface area contributed by atoms with Gasteiger partial charge in [-0.2, -0.15) is 9.97 Å². The van der Waals surface area contributed by atoms with Gasteiger partial charge < -0.3 is 38.7 Å². The molecule has 3 aliphatic rings. The van der Waals surface area contributed by atoms with Gasteiger partial charge in [-0.05, 0) is 12.8 Å². The summed E-state index contributed by atoms with van der Waals surface area (Å²) in [7, 11) is 6.97. The largest absolute Gasteiger partial charge is 0.383 e. The summed E-state index contributed by atoms with van der Waals surface area (Å²) in [5.41, 5.74) is 2.30. The zero-order valence-corrected chi connectivity index (χ0v) is 26.1. The SMILES string of the molecule is COCCN(CCOC)c1nc(N2CCC(OC)CC2)c2nc(N3CCn4nncc4C3)nc(N3CCN(C)C(=O)C3)c2n1. The van der Waals surface area contributed by atoms with Crippen molar-refractivity contribution in [3.05, 3.63) is 11.9 Å². The van der Waals surface area contributed by atoms with Gasteiger partial charge in [0.15, 0.2) is 11.6 Å². The number of carbonyl (C=O) groups excluding carboxylic acids is 1. The Bertz CT molecular complexity index is 1440. The molecule has 6 rings (SSSR count). The quantitative estimate of drug-likeness (QED) is 0.288. The summed E-state index contributed by atoms with van der Waals surface area (Å²) in [4.78, 5) is 43.8. The van der Waals surface area contributed by atoms with Gasteiger partial charge in [0.1, 0.15) is 11.0 Å². The fraction of sp³-hybridized carbons (Fsp3) is 0.679. The Balaban J connectivity index is 1.51. The topological polar surface area (TPSA) is 143 Å². The highest BCUT2D eigenvalue weighted by Gasteiger charge is 2.31. The fourth-order valence-corrected chi connectivity index (χ4v) is 5.89. The van der Waals surface area contributed by atoms with Crippen LogP contribution in [0.3, 0.4) is 0 Å². The molecule has 0 atom stereocenters. The average Bonchev–Trinajstić information content (AvgIpc) is 3.53. The van der Waals surface area contributed by atoms with Crippen LogP contribution in [-0.4, -0.2) is 146 Å². The lowest BCUT2D eigenvalue weighted by Gasteiger charge is -2.36. The minimum Gasteiger partial charge on any atom is -0.383 e. The molecule has 2 saturated heterocycles. The van der Waals surface area contributed by atoms with Crippen molar-refractivity contribution >= 4 is 40.5 Å². The second kappa shape index (κ2) is 13.4. The number of hydrogen-bond acceptors (Lipinski definition) is 14. The maximum atomic E-state index is 12.9. The number of aromatic nitrogens is 7. The normalized spacial score (nSPS) is 18.0. The van der Waals surface area contributed by atoms with Crippen LogP contribution in [0.25, 0.3) is 11.0 Å². The lowest BCUT2D eigenvalue weighted by Crippen LogP contribution is -2.49. The van der Waals surface area contributed by atoms with Gasteiger partial charge in [0.05, 0.1) is 50.8 Å². The predicted octanol–water partition coefficient (Wildman–Crippen LogP) is 0.0243. The lowest BCUT2D eigenvalue weighted by atomic mass is 10.1. The van der Waals surface area contributed by atoms with Gasteiger partial charge in [-0.15, -0.1) is 5.10 Å². The standard InChI is InChI=1S/C28H42N12O4/c1-35-9-10-38(19-22(35)41)26-24-23(31-28(33-26)39-11-12-40-20(18-39)17-29-34-40)25(36-7-5-21(44-4)6-8-36)32-27(30-24)37(13-15-42-2)14-16-43-3/h17,21H,5-16,18-19H2,1-4H3. The van der Waals surface area contributed by atoms with Crippen LogP contribution in [0.1, 0.15) is 18.5 Å². The van der Waals surface area contributed by atoms with Gasteiger partial charge in [0.2, 0.25) is 17.8 Å². The van der Waals surface area contributed by atoms with Crippen molar-refractivity contribution in [1.29, 1.82) is 0 Å². The maximum Gasteiger partial charge on any atom is 0.241 e. The molecular weight excluding hydrogens is 568 g/mol. The predicted molar refractivity (Wildman–Crippen MR) is 164 cm³/mol. The molecule has 0 N–H and O–H groups in total. The summed E-state index contributed by atoms with van der Waals surface area (Å²) < 4.78 is 18.4. The number of nitrogens with zero attached hydrogens (tertiary/aromatic N) is 12. The van der Waals surface area contributed by atoms with Crippen LogP contribution in [-0.2, 0) is 32.1 Å². The number of amides is 1. The van der Waals surface area contributed by atoms with Crippen LogP contribution in [0.4, 0.5) is 23.5 Å². The first-order valence-corrected chi connectivity index (χ1v) is 15.2. The summed E-state index contributed by atoms with van der Waals surface area (Å²) >= 11 is 0. The molecule has 0 radical (unpaired) electrons. The molecule has 3 aromatic rings. The molecule has 0 saturated carbocycles. The molecule has 3 aliphatic heterocycles. The minimum absolute atomic E-state index is 0.0375. The first-order chi connectivity index (χ1) is 21.5. The van der Waals surface area contributed by atoms with E-state index in [4.69, 9.17) is 34.1 Å². The third-order valence-corrected chi connectivity index (χ3v) is 8.64. The highest BCUT2D eigenvalue weighted by Crippen LogP contribution is 2.35. The molecule has 0 aromatic carbocycles. The molecule has 44 heavy (non-hydrogen) atoms. The van der Waals surface area contributed by atoms with Crippen molar-refractivity contribution in [2.45, 2.75) is 32.0 Å². The van der Waals surface area contributed by atoms with E-state index >= 15 is 0 Å². The van der Waals surface area contributed by atoms with Crippen LogP contribution >= 0.6 is 0 Å². The zero-order chi connectivity index (χ0) is 30.6. The second-order valence-corrected chi connectivity index (χ2v) is 11.4. The highest BCUT2D eigenvalue weighted by molar-refractivity contribution is 5.96. The van der Waals surface area contributed by atoms with Crippen LogP contribution in [0.5, 0.6) is 0 Å². The highest BCUT2D eigenvalue weighted by atomic mass is 16.5. The van der Waals surface area contributed by atoms with E-state index in [1.807, 2.05) is 16.6 Å². The molecule has 0 unspecified atom stereocenters. The monoisotopic (exact) mass is 610 g/mol. The summed E-state index contributed by atoms with van der Waals surface area (Å²) in [5.74, 6) is 2.57. The Kier molecular flexibility index (Phi) is 9.18. The van der Waals surface area contributed by atoms with Gasteiger partial charge in [-0.25, -0.2) is 14.6 Å². The number of carbonyl (C=O) groups is 1. The smallest absolute Gasteiger partial charge is 0.241 e. The lowest BCUT2D eigenvalue weighted by molar-refractivity contribution is -0.129. The Hall–Kier alpha value is -3.89. The molecule has 0 bridgehead atoms. The van der Waals surface area contributed by atoms with E-state index in [1.165, 1.54) is 0 Å². The van der Waals surface area contributed by atoms with Gasteiger partial charge >= 0.3 is 0 Å². The number of hydrogen-bond donors (Lipinski definition) is 0. The molecule has 1 amide bonds. The van der Waals surface area contributed by atoms with Crippen LogP contribution in [0, 0.1) is 0 Å². The average molecular weight is 611 g/mol. The van der Waals surface area contributed by atoms with E-state index in [9.17, 15) is 4.79 Å². The van der Waals surface area contributed by atoms with E-state index in [0.717, 1.165) is 37.4 Å². The molecule has 0 aliphatic carbocycles. The molecule has 238 valence electrons. The summed E-state index contributed by atoms with van der Waals surface area (Å²) in [6, 6.07) is 0. The summed E-state index contributed by atoms with van der Waals surface area (Å²) in [6.45, 7) is 7.13. The molecule has 3 aromatic heterocycles. The van der Waals surface area contributed by atoms with Gasteiger partial charge in [0.25, 0.3) is 0 Å². The Morgan fingerprint density at radius 2 is 1.52 bits per heavy atom. The Morgan fingerprint density at radius 3 is 2.23 bits per heavy atom. The Morgan fingerprint density at radius 1 is 0.818 bits per heavy atom. The van der Waals surface area contributed by atoms with E-state index in [-0.39, 0.29) is 18.6 Å². The molecular formula is C28H42N12O4. The first kappa shape index (κ1) is 30.1. The molecule has 2 fully saturated rings. The van der Waals surface area contributed by atoms with Crippen molar-refractivity contribution in [2.75, 3.05) is 114 Å². The first-order valence-electron chi connectivity index (χ1n) is 15.2. The fourth-order valence-electron chi connectivity index (χ4n) is 5.89. The minimum atomic E-state index is 0.0375. The van der Waals surface area contributed by atoms with Crippen LogP contribution in [0.15, 0.2) is 6.20 Å². The van der Waals surface area contributed by atoms with Gasteiger partial charge in [-0.3, -0.25) is 4.79 Å². The second-order valence-electron chi connectivity index (χ2n) is 11.4. The van der Waals surface area contributed by atoms with Gasteiger partial charge in [-0.1, -0.05) is 5.21 Å². The number of fused-ring (bicyclic) bond motifs is 2. The molecule has 16 heteroatoms.